The van der Waals surface area contributed by atoms with Gasteiger partial charge in [-0.1, -0.05) is 12.1 Å². The summed E-state index contributed by atoms with van der Waals surface area (Å²) in [6.45, 7) is 5.29. The molecule has 5 nitrogen and oxygen atoms in total. The zero-order valence-electron chi connectivity index (χ0n) is 14.5. The van der Waals surface area contributed by atoms with Crippen LogP contribution in [0.25, 0.3) is 0 Å². The number of benzene rings is 1. The lowest BCUT2D eigenvalue weighted by Crippen LogP contribution is -2.41. The summed E-state index contributed by atoms with van der Waals surface area (Å²) in [6.07, 6.45) is 4.34. The van der Waals surface area contributed by atoms with Crippen LogP contribution in [0, 0.1) is 0 Å². The normalized spacial score (nSPS) is 21.6. The summed E-state index contributed by atoms with van der Waals surface area (Å²) in [4.78, 5) is 17.1. The van der Waals surface area contributed by atoms with E-state index in [0.717, 1.165) is 55.9 Å². The third-order valence-electron chi connectivity index (χ3n) is 4.85. The maximum absolute atomic E-state index is 12.8. The Kier molecular flexibility index (Phi) is 5.28. The van der Waals surface area contributed by atoms with Gasteiger partial charge in [0.2, 0.25) is 0 Å². The van der Waals surface area contributed by atoms with Gasteiger partial charge in [-0.05, 0) is 38.3 Å². The molecule has 130 valence electrons. The first-order chi connectivity index (χ1) is 11.7. The molecule has 0 spiro atoms. The molecule has 2 heterocycles. The minimum atomic E-state index is 0.129. The van der Waals surface area contributed by atoms with Gasteiger partial charge >= 0.3 is 0 Å². The first kappa shape index (κ1) is 16.7. The molecule has 0 radical (unpaired) electrons. The molecule has 1 atom stereocenters. The fourth-order valence-electron chi connectivity index (χ4n) is 3.40. The van der Waals surface area contributed by atoms with Gasteiger partial charge < -0.3 is 19.3 Å². The largest absolute Gasteiger partial charge is 0.501 e. The highest BCUT2D eigenvalue weighted by Crippen LogP contribution is 2.29. The van der Waals surface area contributed by atoms with E-state index in [-0.39, 0.29) is 11.9 Å². The van der Waals surface area contributed by atoms with Gasteiger partial charge in [-0.2, -0.15) is 0 Å². The molecular formula is C19H26N2O3. The standard InChI is InChI=1S/C19H26N2O3/c1-15-9-10-20(17-7-3-4-8-18(17)23-2)11-12-21(15)19(22)16-6-5-13-24-14-16/h3-4,7-8,14-15H,5-6,9-13H2,1-2H3. The van der Waals surface area contributed by atoms with Crippen molar-refractivity contribution in [1.29, 1.82) is 0 Å². The van der Waals surface area contributed by atoms with Gasteiger partial charge in [0, 0.05) is 25.7 Å². The van der Waals surface area contributed by atoms with E-state index in [2.05, 4.69) is 17.9 Å². The van der Waals surface area contributed by atoms with Crippen molar-refractivity contribution < 1.29 is 14.3 Å². The number of carbonyl (C=O) groups is 1. The highest BCUT2D eigenvalue weighted by atomic mass is 16.5. The Morgan fingerprint density at radius 3 is 2.83 bits per heavy atom. The van der Waals surface area contributed by atoms with E-state index in [1.54, 1.807) is 13.4 Å². The van der Waals surface area contributed by atoms with Crippen LogP contribution in [0.4, 0.5) is 5.69 Å². The van der Waals surface area contributed by atoms with Crippen LogP contribution in [0.15, 0.2) is 36.1 Å². The Labute approximate surface area is 143 Å². The number of amides is 1. The average molecular weight is 330 g/mol. The molecule has 1 amide bonds. The molecule has 3 rings (SSSR count). The van der Waals surface area contributed by atoms with E-state index < -0.39 is 0 Å². The number of hydrogen-bond acceptors (Lipinski definition) is 4. The van der Waals surface area contributed by atoms with Crippen molar-refractivity contribution in [1.82, 2.24) is 4.90 Å². The molecule has 0 saturated carbocycles. The number of hydrogen-bond donors (Lipinski definition) is 0. The van der Waals surface area contributed by atoms with Gasteiger partial charge in [0.15, 0.2) is 0 Å². The van der Waals surface area contributed by atoms with E-state index in [1.807, 2.05) is 23.1 Å². The van der Waals surface area contributed by atoms with E-state index in [9.17, 15) is 4.79 Å². The zero-order valence-corrected chi connectivity index (χ0v) is 14.5. The molecule has 1 unspecified atom stereocenters. The van der Waals surface area contributed by atoms with Crippen molar-refractivity contribution in [2.45, 2.75) is 32.2 Å². The molecule has 24 heavy (non-hydrogen) atoms. The third-order valence-corrected chi connectivity index (χ3v) is 4.85. The van der Waals surface area contributed by atoms with Crippen molar-refractivity contribution in [2.75, 3.05) is 38.3 Å². The highest BCUT2D eigenvalue weighted by Gasteiger charge is 2.28. The summed E-state index contributed by atoms with van der Waals surface area (Å²) in [5.41, 5.74) is 1.90. The van der Waals surface area contributed by atoms with Crippen molar-refractivity contribution in [3.8, 4) is 5.75 Å². The summed E-state index contributed by atoms with van der Waals surface area (Å²) in [5.74, 6) is 1.01. The number of carbonyl (C=O) groups excluding carboxylic acids is 1. The molecule has 1 fully saturated rings. The quantitative estimate of drug-likeness (QED) is 0.855. The van der Waals surface area contributed by atoms with Gasteiger partial charge in [0.1, 0.15) is 5.75 Å². The Morgan fingerprint density at radius 2 is 2.08 bits per heavy atom. The van der Waals surface area contributed by atoms with Crippen molar-refractivity contribution >= 4 is 11.6 Å². The number of para-hydroxylation sites is 2. The van der Waals surface area contributed by atoms with Crippen LogP contribution in [0.5, 0.6) is 5.75 Å². The van der Waals surface area contributed by atoms with Gasteiger partial charge in [-0.15, -0.1) is 0 Å². The third kappa shape index (κ3) is 3.50. The second-order valence-corrected chi connectivity index (χ2v) is 6.41. The molecule has 0 N–H and O–H groups in total. The van der Waals surface area contributed by atoms with Crippen LogP contribution in [0.3, 0.4) is 0 Å². The topological polar surface area (TPSA) is 42.0 Å². The fourth-order valence-corrected chi connectivity index (χ4v) is 3.40. The molecule has 1 aromatic carbocycles. The Morgan fingerprint density at radius 1 is 1.25 bits per heavy atom. The zero-order chi connectivity index (χ0) is 16.9. The average Bonchev–Trinajstić information content (AvgIpc) is 2.83. The number of methoxy groups -OCH3 is 1. The molecule has 0 bridgehead atoms. The van der Waals surface area contributed by atoms with Gasteiger partial charge in [-0.3, -0.25) is 4.79 Å². The van der Waals surface area contributed by atoms with Crippen molar-refractivity contribution in [3.63, 3.8) is 0 Å². The first-order valence-corrected chi connectivity index (χ1v) is 8.70. The van der Waals surface area contributed by atoms with Gasteiger partial charge in [0.25, 0.3) is 5.91 Å². The molecule has 2 aliphatic rings. The Hall–Kier alpha value is -2.17. The van der Waals surface area contributed by atoms with E-state index in [0.29, 0.717) is 6.61 Å². The minimum absolute atomic E-state index is 0.129. The van der Waals surface area contributed by atoms with Crippen molar-refractivity contribution in [2.24, 2.45) is 0 Å². The SMILES string of the molecule is COc1ccccc1N1CCC(C)N(C(=O)C2=COCCC2)CC1. The van der Waals surface area contributed by atoms with E-state index in [4.69, 9.17) is 9.47 Å². The molecule has 0 aromatic heterocycles. The number of nitrogens with zero attached hydrogens (tertiary/aromatic N) is 2. The monoisotopic (exact) mass is 330 g/mol. The molecule has 1 saturated heterocycles. The maximum Gasteiger partial charge on any atom is 0.253 e. The molecule has 2 aliphatic heterocycles. The number of anilines is 1. The fraction of sp³-hybridized carbons (Fsp3) is 0.526. The molecule has 0 aliphatic carbocycles. The van der Waals surface area contributed by atoms with Gasteiger partial charge in [-0.25, -0.2) is 0 Å². The first-order valence-electron chi connectivity index (χ1n) is 8.70. The van der Waals surface area contributed by atoms with Crippen molar-refractivity contribution in [3.05, 3.63) is 36.1 Å². The Balaban J connectivity index is 1.73. The number of ether oxygens (including phenoxy) is 2. The van der Waals surface area contributed by atoms with Crippen LogP contribution < -0.4 is 9.64 Å². The summed E-state index contributed by atoms with van der Waals surface area (Å²) >= 11 is 0. The Bertz CT molecular complexity index is 614. The predicted molar refractivity (Wildman–Crippen MR) is 94.3 cm³/mol. The van der Waals surface area contributed by atoms with E-state index >= 15 is 0 Å². The van der Waals surface area contributed by atoms with Crippen LogP contribution in [-0.4, -0.2) is 50.2 Å². The minimum Gasteiger partial charge on any atom is -0.501 e. The number of rotatable bonds is 3. The van der Waals surface area contributed by atoms with Gasteiger partial charge in [0.05, 0.1) is 31.2 Å². The van der Waals surface area contributed by atoms with Crippen LogP contribution >= 0.6 is 0 Å². The lowest BCUT2D eigenvalue weighted by atomic mass is 10.1. The second-order valence-electron chi connectivity index (χ2n) is 6.41. The second kappa shape index (κ2) is 7.60. The summed E-state index contributed by atoms with van der Waals surface area (Å²) in [7, 11) is 1.70. The summed E-state index contributed by atoms with van der Waals surface area (Å²) in [5, 5.41) is 0. The molecular weight excluding hydrogens is 304 g/mol. The summed E-state index contributed by atoms with van der Waals surface area (Å²) in [6, 6.07) is 8.29. The molecule has 1 aromatic rings. The maximum atomic E-state index is 12.8. The summed E-state index contributed by atoms with van der Waals surface area (Å²) < 4.78 is 10.8. The van der Waals surface area contributed by atoms with Crippen LogP contribution in [0.1, 0.15) is 26.2 Å². The van der Waals surface area contributed by atoms with E-state index in [1.165, 1.54) is 0 Å². The highest BCUT2D eigenvalue weighted by molar-refractivity contribution is 5.93. The molecule has 5 heteroatoms. The van der Waals surface area contributed by atoms with Crippen LogP contribution in [-0.2, 0) is 9.53 Å². The van der Waals surface area contributed by atoms with Crippen LogP contribution in [0.2, 0.25) is 0 Å². The lowest BCUT2D eigenvalue weighted by molar-refractivity contribution is -0.129. The lowest BCUT2D eigenvalue weighted by Gasteiger charge is -2.28. The predicted octanol–water partition coefficient (Wildman–Crippen LogP) is 2.82. The smallest absolute Gasteiger partial charge is 0.253 e.